The van der Waals surface area contributed by atoms with E-state index in [1.807, 2.05) is 6.92 Å². The van der Waals surface area contributed by atoms with Crippen LogP contribution in [0.5, 0.6) is 0 Å². The highest BCUT2D eigenvalue weighted by Gasteiger charge is 2.50. The van der Waals surface area contributed by atoms with Gasteiger partial charge in [0.1, 0.15) is 0 Å². The summed E-state index contributed by atoms with van der Waals surface area (Å²) >= 11 is 0. The zero-order valence-electron chi connectivity index (χ0n) is 11.7. The fraction of sp³-hybridized carbons (Fsp3) is 0.533. The molecule has 0 aromatic heterocycles. The van der Waals surface area contributed by atoms with Crippen molar-refractivity contribution in [2.45, 2.75) is 33.0 Å². The Bertz CT molecular complexity index is 552. The first-order chi connectivity index (χ1) is 9.42. The van der Waals surface area contributed by atoms with Gasteiger partial charge in [-0.15, -0.1) is 0 Å². The molecule has 20 heavy (non-hydrogen) atoms. The number of benzene rings is 1. The molecule has 1 aliphatic carbocycles. The minimum Gasteiger partial charge on any atom is -0.396 e. The molecule has 0 saturated carbocycles. The van der Waals surface area contributed by atoms with Crippen LogP contribution in [0.25, 0.3) is 0 Å². The maximum atomic E-state index is 12.5. The highest BCUT2D eigenvalue weighted by molar-refractivity contribution is 6.07. The van der Waals surface area contributed by atoms with Gasteiger partial charge < -0.3 is 20.4 Å². The Morgan fingerprint density at radius 2 is 1.90 bits per heavy atom. The third kappa shape index (κ3) is 1.90. The second-order valence-corrected chi connectivity index (χ2v) is 5.55. The van der Waals surface area contributed by atoms with Gasteiger partial charge in [-0.2, -0.15) is 0 Å². The summed E-state index contributed by atoms with van der Waals surface area (Å²) in [4.78, 5) is 12.5. The number of carbonyl (C=O) groups excluding carboxylic acids is 1. The molecule has 5 nitrogen and oxygen atoms in total. The van der Waals surface area contributed by atoms with E-state index in [-0.39, 0.29) is 19.0 Å². The molecule has 2 rings (SSSR count). The van der Waals surface area contributed by atoms with Crippen molar-refractivity contribution in [1.82, 2.24) is 0 Å². The van der Waals surface area contributed by atoms with E-state index in [4.69, 9.17) is 5.11 Å². The van der Waals surface area contributed by atoms with E-state index < -0.39 is 18.1 Å². The highest BCUT2D eigenvalue weighted by Crippen LogP contribution is 2.47. The average molecular weight is 280 g/mol. The van der Waals surface area contributed by atoms with Crippen LogP contribution in [-0.2, 0) is 13.0 Å². The number of aliphatic hydroxyl groups is 4. The van der Waals surface area contributed by atoms with Gasteiger partial charge in [0.15, 0.2) is 5.78 Å². The summed E-state index contributed by atoms with van der Waals surface area (Å²) in [5, 5.41) is 38.5. The van der Waals surface area contributed by atoms with Crippen LogP contribution in [0.15, 0.2) is 6.07 Å². The first kappa shape index (κ1) is 15.1. The van der Waals surface area contributed by atoms with E-state index in [9.17, 15) is 20.1 Å². The van der Waals surface area contributed by atoms with Crippen molar-refractivity contribution in [3.05, 3.63) is 33.9 Å². The van der Waals surface area contributed by atoms with Crippen molar-refractivity contribution in [2.75, 3.05) is 13.2 Å². The SMILES string of the molecule is Cc1cc2c(c(CO)c1CCO)C(=O)[C@](C)(CO)[C@@H]2O. The van der Waals surface area contributed by atoms with Gasteiger partial charge in [0.05, 0.1) is 24.7 Å². The first-order valence-electron chi connectivity index (χ1n) is 6.63. The molecule has 0 amide bonds. The number of hydrogen-bond acceptors (Lipinski definition) is 5. The number of Topliss-reactive ketones (excluding diaryl/α,β-unsaturated/α-hetero) is 1. The first-order valence-corrected chi connectivity index (χ1v) is 6.63. The fourth-order valence-electron chi connectivity index (χ4n) is 2.99. The van der Waals surface area contributed by atoms with Crippen molar-refractivity contribution in [3.8, 4) is 0 Å². The van der Waals surface area contributed by atoms with Crippen molar-refractivity contribution < 1.29 is 25.2 Å². The second-order valence-electron chi connectivity index (χ2n) is 5.55. The van der Waals surface area contributed by atoms with Crippen molar-refractivity contribution in [1.29, 1.82) is 0 Å². The Labute approximate surface area is 117 Å². The molecule has 1 aliphatic rings. The zero-order chi connectivity index (χ0) is 15.1. The second kappa shape index (κ2) is 5.26. The van der Waals surface area contributed by atoms with Gasteiger partial charge in [0.25, 0.3) is 0 Å². The van der Waals surface area contributed by atoms with Gasteiger partial charge in [-0.25, -0.2) is 0 Å². The standard InChI is InChI=1S/C15H20O5/c1-8-5-10-12(11(6-17)9(8)3-4-16)14(20)15(2,7-18)13(10)19/h5,13,16-19H,3-4,6-7H2,1-2H3/t13-,15-/m1/s1. The Morgan fingerprint density at radius 1 is 1.25 bits per heavy atom. The lowest BCUT2D eigenvalue weighted by Gasteiger charge is -2.23. The lowest BCUT2D eigenvalue weighted by atomic mass is 9.84. The smallest absolute Gasteiger partial charge is 0.174 e. The predicted molar refractivity (Wildman–Crippen MR) is 72.4 cm³/mol. The topological polar surface area (TPSA) is 98.0 Å². The molecular weight excluding hydrogens is 260 g/mol. The van der Waals surface area contributed by atoms with E-state index in [1.165, 1.54) is 6.92 Å². The van der Waals surface area contributed by atoms with Crippen LogP contribution in [0, 0.1) is 12.3 Å². The molecule has 1 aromatic rings. The molecule has 110 valence electrons. The van der Waals surface area contributed by atoms with E-state index in [0.717, 1.165) is 11.1 Å². The molecule has 0 aliphatic heterocycles. The van der Waals surface area contributed by atoms with E-state index in [0.29, 0.717) is 23.1 Å². The number of carbonyl (C=O) groups is 1. The largest absolute Gasteiger partial charge is 0.396 e. The van der Waals surface area contributed by atoms with Crippen LogP contribution in [0.1, 0.15) is 45.6 Å². The molecule has 5 heteroatoms. The zero-order valence-corrected chi connectivity index (χ0v) is 11.7. The summed E-state index contributed by atoms with van der Waals surface area (Å²) in [5.74, 6) is -0.356. The molecule has 1 aromatic carbocycles. The third-order valence-electron chi connectivity index (χ3n) is 4.29. The number of aliphatic hydroxyl groups excluding tert-OH is 4. The Balaban J connectivity index is 2.72. The summed E-state index contributed by atoms with van der Waals surface area (Å²) in [6.07, 6.45) is -0.740. The molecule has 0 fully saturated rings. The number of aryl methyl sites for hydroxylation is 1. The summed E-state index contributed by atoms with van der Waals surface area (Å²) < 4.78 is 0. The van der Waals surface area contributed by atoms with Gasteiger partial charge in [0.2, 0.25) is 0 Å². The molecule has 0 bridgehead atoms. The number of rotatable bonds is 4. The lowest BCUT2D eigenvalue weighted by Crippen LogP contribution is -2.32. The fourth-order valence-corrected chi connectivity index (χ4v) is 2.99. The molecule has 0 radical (unpaired) electrons. The minimum atomic E-state index is -1.27. The van der Waals surface area contributed by atoms with Crippen LogP contribution in [0.4, 0.5) is 0 Å². The summed E-state index contributed by atoms with van der Waals surface area (Å²) in [7, 11) is 0. The van der Waals surface area contributed by atoms with Gasteiger partial charge >= 0.3 is 0 Å². The maximum absolute atomic E-state index is 12.5. The predicted octanol–water partition coefficient (Wildman–Crippen LogP) is 0.250. The van der Waals surface area contributed by atoms with Crippen LogP contribution in [0.3, 0.4) is 0 Å². The summed E-state index contributed by atoms with van der Waals surface area (Å²) in [6, 6.07) is 1.71. The van der Waals surface area contributed by atoms with Crippen molar-refractivity contribution in [2.24, 2.45) is 5.41 Å². The Kier molecular flexibility index (Phi) is 3.97. The van der Waals surface area contributed by atoms with Crippen LogP contribution in [0.2, 0.25) is 0 Å². The van der Waals surface area contributed by atoms with Gasteiger partial charge in [-0.05, 0) is 42.5 Å². The lowest BCUT2D eigenvalue weighted by molar-refractivity contribution is 0.0129. The molecule has 4 N–H and O–H groups in total. The molecule has 0 saturated heterocycles. The summed E-state index contributed by atoms with van der Waals surface area (Å²) in [5.41, 5.74) is 1.49. The normalized spacial score (nSPS) is 25.1. The van der Waals surface area contributed by atoms with Crippen LogP contribution in [-0.4, -0.2) is 39.4 Å². The van der Waals surface area contributed by atoms with Crippen LogP contribution < -0.4 is 0 Å². The van der Waals surface area contributed by atoms with Gasteiger partial charge in [0, 0.05) is 12.2 Å². The Morgan fingerprint density at radius 3 is 2.40 bits per heavy atom. The highest BCUT2D eigenvalue weighted by atomic mass is 16.3. The number of hydrogen-bond donors (Lipinski definition) is 4. The average Bonchev–Trinajstić information content (AvgIpc) is 2.63. The van der Waals surface area contributed by atoms with E-state index >= 15 is 0 Å². The Hall–Kier alpha value is -1.27. The van der Waals surface area contributed by atoms with Gasteiger partial charge in [-0.3, -0.25) is 4.79 Å². The van der Waals surface area contributed by atoms with Crippen molar-refractivity contribution >= 4 is 5.78 Å². The van der Waals surface area contributed by atoms with Gasteiger partial charge in [-0.1, -0.05) is 6.07 Å². The molecule has 2 atom stereocenters. The third-order valence-corrected chi connectivity index (χ3v) is 4.29. The van der Waals surface area contributed by atoms with E-state index in [1.54, 1.807) is 6.07 Å². The number of ketones is 1. The molecule has 0 heterocycles. The van der Waals surface area contributed by atoms with E-state index in [2.05, 4.69) is 0 Å². The number of fused-ring (bicyclic) bond motifs is 1. The van der Waals surface area contributed by atoms with Crippen LogP contribution >= 0.6 is 0 Å². The van der Waals surface area contributed by atoms with Crippen molar-refractivity contribution in [3.63, 3.8) is 0 Å². The summed E-state index contributed by atoms with van der Waals surface area (Å²) in [6.45, 7) is 2.46. The molecule has 0 unspecified atom stereocenters. The molecular formula is C15H20O5. The monoisotopic (exact) mass is 280 g/mol. The molecule has 0 spiro atoms. The quantitative estimate of drug-likeness (QED) is 0.634. The minimum absolute atomic E-state index is 0.0827. The maximum Gasteiger partial charge on any atom is 0.174 e.